The van der Waals surface area contributed by atoms with Crippen LogP contribution in [0.2, 0.25) is 0 Å². The standard InChI is InChI=1S/C12H8F3NO/c13-12(14,15)9-3-1-8(2-4-9)11-6-5-10(17)7-16-11/h1-7,17H. The first kappa shape index (κ1) is 11.4. The number of nitrogens with zero attached hydrogens (tertiary/aromatic N) is 1. The van der Waals surface area contributed by atoms with Crippen LogP contribution in [0.5, 0.6) is 5.75 Å². The molecule has 0 saturated heterocycles. The summed E-state index contributed by atoms with van der Waals surface area (Å²) in [6.45, 7) is 0. The quantitative estimate of drug-likeness (QED) is 0.826. The summed E-state index contributed by atoms with van der Waals surface area (Å²) in [6.07, 6.45) is -3.09. The molecule has 0 unspecified atom stereocenters. The Hall–Kier alpha value is -2.04. The Bertz CT molecular complexity index is 503. The number of aromatic hydroxyl groups is 1. The number of hydrogen-bond donors (Lipinski definition) is 1. The maximum atomic E-state index is 12.3. The van der Waals surface area contributed by atoms with Crippen LogP contribution in [0.4, 0.5) is 13.2 Å². The number of benzene rings is 1. The van der Waals surface area contributed by atoms with Gasteiger partial charge in [0.05, 0.1) is 17.5 Å². The number of alkyl halides is 3. The van der Waals surface area contributed by atoms with E-state index in [0.29, 0.717) is 11.3 Å². The van der Waals surface area contributed by atoms with Crippen LogP contribution in [0.25, 0.3) is 11.3 Å². The van der Waals surface area contributed by atoms with Gasteiger partial charge in [-0.15, -0.1) is 0 Å². The molecule has 2 nitrogen and oxygen atoms in total. The van der Waals surface area contributed by atoms with Gasteiger partial charge in [0.25, 0.3) is 0 Å². The molecule has 0 aliphatic heterocycles. The Morgan fingerprint density at radius 2 is 1.59 bits per heavy atom. The van der Waals surface area contributed by atoms with E-state index in [1.54, 1.807) is 0 Å². The van der Waals surface area contributed by atoms with Crippen LogP contribution >= 0.6 is 0 Å². The molecule has 1 heterocycles. The summed E-state index contributed by atoms with van der Waals surface area (Å²) in [6, 6.07) is 7.68. The number of aromatic nitrogens is 1. The lowest BCUT2D eigenvalue weighted by Gasteiger charge is -2.07. The number of hydrogen-bond acceptors (Lipinski definition) is 2. The summed E-state index contributed by atoms with van der Waals surface area (Å²) in [5, 5.41) is 9.04. The first-order valence-electron chi connectivity index (χ1n) is 4.79. The first-order valence-corrected chi connectivity index (χ1v) is 4.79. The van der Waals surface area contributed by atoms with Crippen molar-refractivity contribution in [2.24, 2.45) is 0 Å². The van der Waals surface area contributed by atoms with Crippen LogP contribution in [-0.4, -0.2) is 10.1 Å². The zero-order chi connectivity index (χ0) is 12.5. The highest BCUT2D eigenvalue weighted by Gasteiger charge is 2.29. The minimum Gasteiger partial charge on any atom is -0.506 e. The SMILES string of the molecule is Oc1ccc(-c2ccc(C(F)(F)F)cc2)nc1. The Balaban J connectivity index is 2.33. The smallest absolute Gasteiger partial charge is 0.416 e. The van der Waals surface area contributed by atoms with E-state index in [1.807, 2.05) is 0 Å². The lowest BCUT2D eigenvalue weighted by molar-refractivity contribution is -0.137. The molecule has 0 saturated carbocycles. The van der Waals surface area contributed by atoms with Crippen LogP contribution in [0, 0.1) is 0 Å². The lowest BCUT2D eigenvalue weighted by atomic mass is 10.1. The van der Waals surface area contributed by atoms with Crippen molar-refractivity contribution in [3.8, 4) is 17.0 Å². The molecule has 88 valence electrons. The fraction of sp³-hybridized carbons (Fsp3) is 0.0833. The number of rotatable bonds is 1. The summed E-state index contributed by atoms with van der Waals surface area (Å²) in [5.74, 6) is 0.0145. The molecule has 0 atom stereocenters. The van der Waals surface area contributed by atoms with Gasteiger partial charge in [-0.05, 0) is 24.3 Å². The van der Waals surface area contributed by atoms with Crippen LogP contribution in [0.15, 0.2) is 42.6 Å². The summed E-state index contributed by atoms with van der Waals surface area (Å²) in [4.78, 5) is 3.91. The average molecular weight is 239 g/mol. The third-order valence-electron chi connectivity index (χ3n) is 2.26. The fourth-order valence-electron chi connectivity index (χ4n) is 1.39. The second-order valence-electron chi connectivity index (χ2n) is 3.48. The average Bonchev–Trinajstić information content (AvgIpc) is 2.29. The van der Waals surface area contributed by atoms with E-state index in [9.17, 15) is 13.2 Å². The fourth-order valence-corrected chi connectivity index (χ4v) is 1.39. The third-order valence-corrected chi connectivity index (χ3v) is 2.26. The van der Waals surface area contributed by atoms with Gasteiger partial charge < -0.3 is 5.11 Å². The highest BCUT2D eigenvalue weighted by Crippen LogP contribution is 2.30. The molecular formula is C12H8F3NO. The van der Waals surface area contributed by atoms with Gasteiger partial charge in [-0.1, -0.05) is 12.1 Å². The molecule has 0 aliphatic rings. The molecule has 17 heavy (non-hydrogen) atoms. The molecular weight excluding hydrogens is 231 g/mol. The topological polar surface area (TPSA) is 33.1 Å². The van der Waals surface area contributed by atoms with Crippen molar-refractivity contribution in [1.29, 1.82) is 0 Å². The normalized spacial score (nSPS) is 11.5. The molecule has 0 fully saturated rings. The molecule has 1 N–H and O–H groups in total. The van der Waals surface area contributed by atoms with Gasteiger partial charge in [-0.25, -0.2) is 0 Å². The van der Waals surface area contributed by atoms with Crippen LogP contribution in [-0.2, 0) is 6.18 Å². The second kappa shape index (κ2) is 4.08. The maximum Gasteiger partial charge on any atom is 0.416 e. The van der Waals surface area contributed by atoms with E-state index < -0.39 is 11.7 Å². The Labute approximate surface area is 95.4 Å². The molecule has 1 aromatic heterocycles. The monoisotopic (exact) mass is 239 g/mol. The summed E-state index contributed by atoms with van der Waals surface area (Å²) >= 11 is 0. The predicted octanol–water partition coefficient (Wildman–Crippen LogP) is 3.47. The van der Waals surface area contributed by atoms with E-state index in [4.69, 9.17) is 5.11 Å². The Kier molecular flexibility index (Phi) is 2.75. The minimum atomic E-state index is -4.33. The maximum absolute atomic E-state index is 12.3. The zero-order valence-electron chi connectivity index (χ0n) is 8.57. The number of pyridine rings is 1. The largest absolute Gasteiger partial charge is 0.506 e. The van der Waals surface area contributed by atoms with Gasteiger partial charge in [0.15, 0.2) is 0 Å². The minimum absolute atomic E-state index is 0.0145. The van der Waals surface area contributed by atoms with Crippen LogP contribution in [0.1, 0.15) is 5.56 Å². The molecule has 1 aromatic carbocycles. The molecule has 0 aliphatic carbocycles. The van der Waals surface area contributed by atoms with Gasteiger partial charge in [-0.3, -0.25) is 4.98 Å². The molecule has 2 aromatic rings. The molecule has 2 rings (SSSR count). The molecule has 0 radical (unpaired) electrons. The zero-order valence-corrected chi connectivity index (χ0v) is 8.57. The molecule has 0 spiro atoms. The predicted molar refractivity (Wildman–Crippen MR) is 56.3 cm³/mol. The number of halogens is 3. The molecule has 0 amide bonds. The van der Waals surface area contributed by atoms with E-state index in [-0.39, 0.29) is 5.75 Å². The summed E-state index contributed by atoms with van der Waals surface area (Å²) in [7, 11) is 0. The summed E-state index contributed by atoms with van der Waals surface area (Å²) < 4.78 is 37.0. The van der Waals surface area contributed by atoms with Gasteiger partial charge in [0, 0.05) is 5.56 Å². The van der Waals surface area contributed by atoms with Crippen molar-refractivity contribution in [2.45, 2.75) is 6.18 Å². The highest BCUT2D eigenvalue weighted by atomic mass is 19.4. The van der Waals surface area contributed by atoms with Crippen molar-refractivity contribution < 1.29 is 18.3 Å². The van der Waals surface area contributed by atoms with E-state index in [1.165, 1.54) is 30.5 Å². The molecule has 5 heteroatoms. The van der Waals surface area contributed by atoms with E-state index in [2.05, 4.69) is 4.98 Å². The van der Waals surface area contributed by atoms with Crippen molar-refractivity contribution in [1.82, 2.24) is 4.98 Å². The Morgan fingerprint density at radius 3 is 2.06 bits per heavy atom. The van der Waals surface area contributed by atoms with Gasteiger partial charge in [-0.2, -0.15) is 13.2 Å². The van der Waals surface area contributed by atoms with Crippen molar-refractivity contribution in [3.05, 3.63) is 48.2 Å². The van der Waals surface area contributed by atoms with Gasteiger partial charge >= 0.3 is 6.18 Å². The van der Waals surface area contributed by atoms with Crippen molar-refractivity contribution in [2.75, 3.05) is 0 Å². The third kappa shape index (κ3) is 2.55. The van der Waals surface area contributed by atoms with Crippen LogP contribution in [0.3, 0.4) is 0 Å². The van der Waals surface area contributed by atoms with E-state index in [0.717, 1.165) is 12.1 Å². The van der Waals surface area contributed by atoms with Crippen LogP contribution < -0.4 is 0 Å². The summed E-state index contributed by atoms with van der Waals surface area (Å²) in [5.41, 5.74) is 0.384. The van der Waals surface area contributed by atoms with Crippen molar-refractivity contribution in [3.63, 3.8) is 0 Å². The first-order chi connectivity index (χ1) is 7.97. The van der Waals surface area contributed by atoms with Gasteiger partial charge in [0.2, 0.25) is 0 Å². The van der Waals surface area contributed by atoms with Crippen molar-refractivity contribution >= 4 is 0 Å². The Morgan fingerprint density at radius 1 is 0.941 bits per heavy atom. The van der Waals surface area contributed by atoms with E-state index >= 15 is 0 Å². The van der Waals surface area contributed by atoms with Gasteiger partial charge in [0.1, 0.15) is 5.75 Å². The lowest BCUT2D eigenvalue weighted by Crippen LogP contribution is -2.04. The molecule has 0 bridgehead atoms. The second-order valence-corrected chi connectivity index (χ2v) is 3.48. The highest BCUT2D eigenvalue weighted by molar-refractivity contribution is 5.59.